The summed E-state index contributed by atoms with van der Waals surface area (Å²) in [5, 5.41) is 5.00. The molecule has 0 aliphatic rings. The predicted molar refractivity (Wildman–Crippen MR) is 86.8 cm³/mol. The average Bonchev–Trinajstić information content (AvgIpc) is 2.94. The lowest BCUT2D eigenvalue weighted by atomic mass is 10.1. The van der Waals surface area contributed by atoms with Crippen LogP contribution in [0.1, 0.15) is 15.2 Å². The van der Waals surface area contributed by atoms with Gasteiger partial charge in [-0.1, -0.05) is 29.8 Å². The van der Waals surface area contributed by atoms with Crippen molar-refractivity contribution in [2.45, 2.75) is 6.92 Å². The van der Waals surface area contributed by atoms with Crippen molar-refractivity contribution in [2.75, 3.05) is 7.05 Å². The number of thiophene rings is 1. The smallest absolute Gasteiger partial charge is 0.280 e. The molecule has 4 nitrogen and oxygen atoms in total. The van der Waals surface area contributed by atoms with Crippen molar-refractivity contribution >= 4 is 34.6 Å². The van der Waals surface area contributed by atoms with Crippen LogP contribution in [-0.2, 0) is 0 Å². The Morgan fingerprint density at radius 3 is 2.50 bits per heavy atom. The molecule has 0 saturated carbocycles. The molecule has 6 heteroatoms. The Bertz CT molecular complexity index is 620. The van der Waals surface area contributed by atoms with Gasteiger partial charge in [-0.05, 0) is 36.2 Å². The van der Waals surface area contributed by atoms with E-state index in [2.05, 4.69) is 16.2 Å². The van der Waals surface area contributed by atoms with Gasteiger partial charge in [0.2, 0.25) is 0 Å². The van der Waals surface area contributed by atoms with Gasteiger partial charge in [-0.2, -0.15) is 0 Å². The normalized spacial score (nSPS) is 9.90. The second-order valence-corrected chi connectivity index (χ2v) is 5.51. The summed E-state index contributed by atoms with van der Waals surface area (Å²) in [7, 11) is 1.68. The van der Waals surface area contributed by atoms with E-state index in [-0.39, 0.29) is 5.91 Å². The lowest BCUT2D eigenvalue weighted by Crippen LogP contribution is -2.45. The summed E-state index contributed by atoms with van der Waals surface area (Å²) in [6, 6.07) is 10.0. The molecule has 1 amide bonds. The Morgan fingerprint density at radius 2 is 1.85 bits per heavy atom. The summed E-state index contributed by atoms with van der Waals surface area (Å²) in [4.78, 5) is 12.8. The number of hydrazine groups is 1. The molecule has 1 aromatic carbocycles. The van der Waals surface area contributed by atoms with Crippen molar-refractivity contribution in [3.8, 4) is 11.1 Å². The highest BCUT2D eigenvalue weighted by Crippen LogP contribution is 2.28. The Hall–Kier alpha value is -1.92. The molecule has 104 valence electrons. The predicted octanol–water partition coefficient (Wildman–Crippen LogP) is 2.46. The molecule has 0 bridgehead atoms. The molecule has 0 radical (unpaired) electrons. The monoisotopic (exact) mass is 305 g/mol. The van der Waals surface area contributed by atoms with Gasteiger partial charge >= 0.3 is 0 Å². The molecule has 0 fully saturated rings. The largest absolute Gasteiger partial charge is 0.364 e. The van der Waals surface area contributed by atoms with E-state index in [4.69, 9.17) is 12.2 Å². The number of nitrogens with one attached hydrogen (secondary N) is 3. The Labute approximate surface area is 127 Å². The first kappa shape index (κ1) is 14.5. The molecule has 0 aliphatic heterocycles. The first-order valence-electron chi connectivity index (χ1n) is 6.04. The van der Waals surface area contributed by atoms with E-state index in [1.54, 1.807) is 7.05 Å². The molecule has 3 N–H and O–H groups in total. The first-order valence-corrected chi connectivity index (χ1v) is 7.33. The molecule has 2 aromatic rings. The fraction of sp³-hybridized carbons (Fsp3) is 0.143. The average molecular weight is 305 g/mol. The molecule has 1 heterocycles. The van der Waals surface area contributed by atoms with Gasteiger partial charge in [0.1, 0.15) is 4.88 Å². The fourth-order valence-electron chi connectivity index (χ4n) is 1.68. The zero-order chi connectivity index (χ0) is 14.5. The molecule has 0 saturated heterocycles. The van der Waals surface area contributed by atoms with Crippen LogP contribution < -0.4 is 16.2 Å². The molecule has 0 unspecified atom stereocenters. The highest BCUT2D eigenvalue weighted by molar-refractivity contribution is 7.80. The van der Waals surface area contributed by atoms with Crippen LogP contribution in [-0.4, -0.2) is 18.1 Å². The van der Waals surface area contributed by atoms with Gasteiger partial charge in [0.15, 0.2) is 5.11 Å². The van der Waals surface area contributed by atoms with Crippen LogP contribution in [0, 0.1) is 6.92 Å². The number of thiocarbonyl (C=S) groups is 1. The van der Waals surface area contributed by atoms with E-state index in [1.165, 1.54) is 16.9 Å². The van der Waals surface area contributed by atoms with Gasteiger partial charge in [-0.15, -0.1) is 11.3 Å². The van der Waals surface area contributed by atoms with Gasteiger partial charge < -0.3 is 5.32 Å². The summed E-state index contributed by atoms with van der Waals surface area (Å²) in [6.45, 7) is 2.04. The fourth-order valence-corrected chi connectivity index (χ4v) is 2.54. The number of hydrogen-bond acceptors (Lipinski definition) is 3. The van der Waals surface area contributed by atoms with E-state index in [9.17, 15) is 4.79 Å². The van der Waals surface area contributed by atoms with Crippen molar-refractivity contribution < 1.29 is 4.79 Å². The van der Waals surface area contributed by atoms with Gasteiger partial charge in [0.05, 0.1) is 0 Å². The third-order valence-corrected chi connectivity index (χ3v) is 3.97. The zero-order valence-electron chi connectivity index (χ0n) is 11.2. The molecule has 2 rings (SSSR count). The van der Waals surface area contributed by atoms with Crippen molar-refractivity contribution in [1.29, 1.82) is 0 Å². The Balaban J connectivity index is 2.18. The van der Waals surface area contributed by atoms with E-state index in [0.29, 0.717) is 9.99 Å². The topological polar surface area (TPSA) is 53.2 Å². The minimum atomic E-state index is -0.201. The third-order valence-electron chi connectivity index (χ3n) is 2.75. The van der Waals surface area contributed by atoms with Gasteiger partial charge in [-0.25, -0.2) is 0 Å². The number of hydrogen-bond donors (Lipinski definition) is 3. The quantitative estimate of drug-likeness (QED) is 0.589. The summed E-state index contributed by atoms with van der Waals surface area (Å²) in [5.41, 5.74) is 8.35. The van der Waals surface area contributed by atoms with E-state index in [1.807, 2.05) is 42.6 Å². The Kier molecular flexibility index (Phi) is 4.70. The number of rotatable bonds is 2. The SMILES string of the molecule is CNC(=S)NNC(=O)c1sccc1-c1ccc(C)cc1. The van der Waals surface area contributed by atoms with Crippen LogP contribution in [0.3, 0.4) is 0 Å². The van der Waals surface area contributed by atoms with Crippen LogP contribution in [0.5, 0.6) is 0 Å². The maximum absolute atomic E-state index is 12.1. The van der Waals surface area contributed by atoms with Crippen LogP contribution >= 0.6 is 23.6 Å². The molecule has 20 heavy (non-hydrogen) atoms. The maximum atomic E-state index is 12.1. The summed E-state index contributed by atoms with van der Waals surface area (Å²) in [6.07, 6.45) is 0. The van der Waals surface area contributed by atoms with E-state index in [0.717, 1.165) is 11.1 Å². The molecule has 1 aromatic heterocycles. The van der Waals surface area contributed by atoms with Crippen molar-refractivity contribution in [2.24, 2.45) is 0 Å². The highest BCUT2D eigenvalue weighted by atomic mass is 32.1. The van der Waals surface area contributed by atoms with Crippen LogP contribution in [0.4, 0.5) is 0 Å². The number of carbonyl (C=O) groups excluding carboxylic acids is 1. The second-order valence-electron chi connectivity index (χ2n) is 4.19. The van der Waals surface area contributed by atoms with Crippen molar-refractivity contribution in [3.05, 3.63) is 46.2 Å². The number of carbonyl (C=O) groups is 1. The standard InChI is InChI=1S/C14H15N3OS2/c1-9-3-5-10(6-4-9)11-7-8-20-12(11)13(18)16-17-14(19)15-2/h3-8H,1-2H3,(H,16,18)(H2,15,17,19). The van der Waals surface area contributed by atoms with Gasteiger partial charge in [0.25, 0.3) is 5.91 Å². The van der Waals surface area contributed by atoms with E-state index >= 15 is 0 Å². The number of benzene rings is 1. The van der Waals surface area contributed by atoms with Gasteiger partial charge in [-0.3, -0.25) is 15.6 Å². The third kappa shape index (κ3) is 3.34. The Morgan fingerprint density at radius 1 is 1.15 bits per heavy atom. The lowest BCUT2D eigenvalue weighted by molar-refractivity contribution is 0.0948. The van der Waals surface area contributed by atoms with Crippen LogP contribution in [0.2, 0.25) is 0 Å². The summed E-state index contributed by atoms with van der Waals surface area (Å²) in [5.74, 6) is -0.201. The molecular formula is C14H15N3OS2. The molecule has 0 spiro atoms. The number of aryl methyl sites for hydroxylation is 1. The maximum Gasteiger partial charge on any atom is 0.280 e. The lowest BCUT2D eigenvalue weighted by Gasteiger charge is -2.09. The molecule has 0 aliphatic carbocycles. The minimum Gasteiger partial charge on any atom is -0.364 e. The second kappa shape index (κ2) is 6.49. The highest BCUT2D eigenvalue weighted by Gasteiger charge is 2.14. The molecular weight excluding hydrogens is 290 g/mol. The van der Waals surface area contributed by atoms with Gasteiger partial charge in [0, 0.05) is 12.6 Å². The van der Waals surface area contributed by atoms with Crippen molar-refractivity contribution in [1.82, 2.24) is 16.2 Å². The van der Waals surface area contributed by atoms with E-state index < -0.39 is 0 Å². The minimum absolute atomic E-state index is 0.201. The summed E-state index contributed by atoms with van der Waals surface area (Å²) < 4.78 is 0. The summed E-state index contributed by atoms with van der Waals surface area (Å²) >= 11 is 6.31. The van der Waals surface area contributed by atoms with Crippen LogP contribution in [0.25, 0.3) is 11.1 Å². The zero-order valence-corrected chi connectivity index (χ0v) is 12.8. The molecule has 0 atom stereocenters. The van der Waals surface area contributed by atoms with Crippen LogP contribution in [0.15, 0.2) is 35.7 Å². The first-order chi connectivity index (χ1) is 9.61. The van der Waals surface area contributed by atoms with Crippen molar-refractivity contribution in [3.63, 3.8) is 0 Å². The number of amides is 1.